The van der Waals surface area contributed by atoms with E-state index in [4.69, 9.17) is 4.74 Å². The van der Waals surface area contributed by atoms with E-state index in [2.05, 4.69) is 25.9 Å². The van der Waals surface area contributed by atoms with Crippen molar-refractivity contribution in [3.8, 4) is 0 Å². The van der Waals surface area contributed by atoms with Gasteiger partial charge < -0.3 is 4.74 Å². The second-order valence-electron chi connectivity index (χ2n) is 3.72. The first-order valence-electron chi connectivity index (χ1n) is 5.26. The molecule has 1 aromatic rings. The highest BCUT2D eigenvalue weighted by Gasteiger charge is 2.18. The predicted octanol–water partition coefficient (Wildman–Crippen LogP) is 0.979. The lowest BCUT2D eigenvalue weighted by atomic mass is 10.3. The van der Waals surface area contributed by atoms with Crippen molar-refractivity contribution >= 4 is 15.9 Å². The average Bonchev–Trinajstić information content (AvgIpc) is 2.79. The molecule has 0 aromatic carbocycles. The lowest BCUT2D eigenvalue weighted by molar-refractivity contribution is -0.0163. The van der Waals surface area contributed by atoms with Gasteiger partial charge in [0, 0.05) is 37.4 Å². The van der Waals surface area contributed by atoms with Crippen molar-refractivity contribution in [1.29, 1.82) is 0 Å². The molecule has 1 aliphatic heterocycles. The third kappa shape index (κ3) is 3.29. The number of hydrogen-bond donors (Lipinski definition) is 0. The number of halogens is 1. The van der Waals surface area contributed by atoms with Crippen LogP contribution in [0, 0.1) is 0 Å². The Hall–Kier alpha value is -0.390. The molecular weight excluding hydrogens is 258 g/mol. The maximum atomic E-state index is 5.58. The number of alkyl halides is 1. The predicted molar refractivity (Wildman–Crippen MR) is 62.2 cm³/mol. The number of nitrogens with zero attached hydrogens (tertiary/aromatic N) is 3. The largest absolute Gasteiger partial charge is 0.375 e. The van der Waals surface area contributed by atoms with E-state index < -0.39 is 0 Å². The van der Waals surface area contributed by atoms with Crippen LogP contribution < -0.4 is 0 Å². The highest BCUT2D eigenvalue weighted by molar-refractivity contribution is 9.09. The second-order valence-corrected chi connectivity index (χ2v) is 4.36. The molecule has 5 heteroatoms. The molecule has 0 radical (unpaired) electrons. The highest BCUT2D eigenvalue weighted by atomic mass is 79.9. The topological polar surface area (TPSA) is 30.3 Å². The highest BCUT2D eigenvalue weighted by Crippen LogP contribution is 2.07. The maximum absolute atomic E-state index is 5.58. The van der Waals surface area contributed by atoms with Crippen molar-refractivity contribution in [2.45, 2.75) is 12.6 Å². The minimum Gasteiger partial charge on any atom is -0.375 e. The van der Waals surface area contributed by atoms with Crippen LogP contribution in [-0.2, 0) is 11.3 Å². The third-order valence-corrected chi connectivity index (χ3v) is 3.32. The van der Waals surface area contributed by atoms with Crippen molar-refractivity contribution in [3.63, 3.8) is 0 Å². The minimum atomic E-state index is 0.344. The molecule has 4 nitrogen and oxygen atoms in total. The fraction of sp³-hybridized carbons (Fsp3) is 0.700. The van der Waals surface area contributed by atoms with E-state index in [1.54, 1.807) is 0 Å². The molecule has 1 fully saturated rings. The summed E-state index contributed by atoms with van der Waals surface area (Å²) >= 11 is 3.46. The molecule has 0 amide bonds. The molecule has 0 N–H and O–H groups in total. The van der Waals surface area contributed by atoms with Gasteiger partial charge in [0.2, 0.25) is 0 Å². The summed E-state index contributed by atoms with van der Waals surface area (Å²) in [6, 6.07) is 1.96. The molecule has 0 aliphatic carbocycles. The van der Waals surface area contributed by atoms with Crippen LogP contribution in [0.4, 0.5) is 0 Å². The number of hydrogen-bond acceptors (Lipinski definition) is 3. The van der Waals surface area contributed by atoms with Gasteiger partial charge in [-0.3, -0.25) is 9.58 Å². The Morgan fingerprint density at radius 3 is 3.13 bits per heavy atom. The molecule has 1 aromatic heterocycles. The van der Waals surface area contributed by atoms with Crippen LogP contribution in [0.2, 0.25) is 0 Å². The van der Waals surface area contributed by atoms with Gasteiger partial charge in [-0.15, -0.1) is 0 Å². The van der Waals surface area contributed by atoms with E-state index in [0.717, 1.165) is 38.1 Å². The van der Waals surface area contributed by atoms with Gasteiger partial charge in [0.25, 0.3) is 0 Å². The first-order chi connectivity index (χ1) is 7.38. The zero-order valence-electron chi connectivity index (χ0n) is 8.68. The van der Waals surface area contributed by atoms with E-state index in [-0.39, 0.29) is 0 Å². The van der Waals surface area contributed by atoms with Crippen LogP contribution >= 0.6 is 15.9 Å². The van der Waals surface area contributed by atoms with Crippen LogP contribution in [-0.4, -0.2) is 52.4 Å². The summed E-state index contributed by atoms with van der Waals surface area (Å²) in [4.78, 5) is 2.43. The summed E-state index contributed by atoms with van der Waals surface area (Å²) in [5.74, 6) is 0. The molecule has 0 spiro atoms. The van der Waals surface area contributed by atoms with Gasteiger partial charge >= 0.3 is 0 Å². The molecule has 2 heterocycles. The smallest absolute Gasteiger partial charge is 0.0799 e. The Kier molecular flexibility index (Phi) is 4.17. The van der Waals surface area contributed by atoms with E-state index in [0.29, 0.717) is 6.10 Å². The summed E-state index contributed by atoms with van der Waals surface area (Å²) in [6.07, 6.45) is 4.17. The van der Waals surface area contributed by atoms with E-state index in [1.165, 1.54) is 0 Å². The van der Waals surface area contributed by atoms with Gasteiger partial charge in [0.15, 0.2) is 0 Å². The summed E-state index contributed by atoms with van der Waals surface area (Å²) in [5.41, 5.74) is 0. The van der Waals surface area contributed by atoms with Gasteiger partial charge in [-0.1, -0.05) is 15.9 Å². The molecule has 0 saturated carbocycles. The van der Waals surface area contributed by atoms with Crippen LogP contribution in [0.1, 0.15) is 0 Å². The Labute approximate surface area is 98.3 Å². The fourth-order valence-electron chi connectivity index (χ4n) is 1.75. The summed E-state index contributed by atoms with van der Waals surface area (Å²) in [5, 5.41) is 5.11. The van der Waals surface area contributed by atoms with Crippen LogP contribution in [0.15, 0.2) is 18.5 Å². The third-order valence-electron chi connectivity index (χ3n) is 2.60. The molecule has 2 rings (SSSR count). The summed E-state index contributed by atoms with van der Waals surface area (Å²) < 4.78 is 7.55. The van der Waals surface area contributed by atoms with Crippen molar-refractivity contribution in [2.24, 2.45) is 0 Å². The van der Waals surface area contributed by atoms with E-state index in [9.17, 15) is 0 Å². The quantitative estimate of drug-likeness (QED) is 0.767. The Bertz CT molecular complexity index is 278. The number of rotatable bonds is 4. The number of ether oxygens (including phenoxy) is 1. The lowest BCUT2D eigenvalue weighted by Gasteiger charge is -2.31. The molecule has 1 unspecified atom stereocenters. The first-order valence-corrected chi connectivity index (χ1v) is 6.38. The van der Waals surface area contributed by atoms with E-state index >= 15 is 0 Å². The van der Waals surface area contributed by atoms with Crippen LogP contribution in [0.25, 0.3) is 0 Å². The molecular formula is C10H16BrN3O. The summed E-state index contributed by atoms with van der Waals surface area (Å²) in [6.45, 7) is 4.91. The average molecular weight is 274 g/mol. The maximum Gasteiger partial charge on any atom is 0.0799 e. The Balaban J connectivity index is 1.74. The van der Waals surface area contributed by atoms with Gasteiger partial charge in [-0.25, -0.2) is 0 Å². The van der Waals surface area contributed by atoms with Crippen molar-refractivity contribution in [2.75, 3.05) is 31.6 Å². The van der Waals surface area contributed by atoms with Gasteiger partial charge in [0.05, 0.1) is 19.3 Å². The zero-order valence-corrected chi connectivity index (χ0v) is 10.3. The van der Waals surface area contributed by atoms with Crippen molar-refractivity contribution in [1.82, 2.24) is 14.7 Å². The number of aromatic nitrogens is 2. The zero-order chi connectivity index (χ0) is 10.5. The van der Waals surface area contributed by atoms with Gasteiger partial charge in [-0.2, -0.15) is 5.10 Å². The van der Waals surface area contributed by atoms with Crippen molar-refractivity contribution < 1.29 is 4.74 Å². The first kappa shape index (κ1) is 11.1. The Morgan fingerprint density at radius 2 is 2.40 bits per heavy atom. The monoisotopic (exact) mass is 273 g/mol. The molecule has 0 bridgehead atoms. The van der Waals surface area contributed by atoms with E-state index in [1.807, 2.05) is 23.1 Å². The second kappa shape index (κ2) is 5.63. The standard InChI is InChI=1S/C10H16BrN3O/c11-8-10-9-13(6-7-15-10)4-5-14-3-1-2-12-14/h1-3,10H,4-9H2. The molecule has 15 heavy (non-hydrogen) atoms. The minimum absolute atomic E-state index is 0.344. The fourth-order valence-corrected chi connectivity index (χ4v) is 2.15. The lowest BCUT2D eigenvalue weighted by Crippen LogP contribution is -2.44. The SMILES string of the molecule is BrCC1CN(CCn2cccn2)CCO1. The normalized spacial score (nSPS) is 23.1. The van der Waals surface area contributed by atoms with Crippen LogP contribution in [0.5, 0.6) is 0 Å². The van der Waals surface area contributed by atoms with Crippen LogP contribution in [0.3, 0.4) is 0 Å². The molecule has 84 valence electrons. The Morgan fingerprint density at radius 1 is 1.47 bits per heavy atom. The number of morpholine rings is 1. The molecule has 1 saturated heterocycles. The van der Waals surface area contributed by atoms with Crippen molar-refractivity contribution in [3.05, 3.63) is 18.5 Å². The summed E-state index contributed by atoms with van der Waals surface area (Å²) in [7, 11) is 0. The molecule has 1 atom stereocenters. The van der Waals surface area contributed by atoms with Gasteiger partial charge in [0.1, 0.15) is 0 Å². The van der Waals surface area contributed by atoms with Gasteiger partial charge in [-0.05, 0) is 6.07 Å². The molecule has 1 aliphatic rings.